The second-order valence-electron chi connectivity index (χ2n) is 6.09. The molecule has 126 valence electrons. The monoisotopic (exact) mass is 310 g/mol. The van der Waals surface area contributed by atoms with Crippen molar-refractivity contribution in [1.29, 1.82) is 0 Å². The van der Waals surface area contributed by atoms with Crippen LogP contribution in [0.5, 0.6) is 0 Å². The van der Waals surface area contributed by atoms with Crippen molar-refractivity contribution in [2.75, 3.05) is 0 Å². The van der Waals surface area contributed by atoms with Gasteiger partial charge in [-0.25, -0.2) is 10.9 Å². The fourth-order valence-corrected chi connectivity index (χ4v) is 1.24. The third kappa shape index (κ3) is 10.1. The molecule has 6 heteroatoms. The number of hydrogen-bond acceptors (Lipinski definition) is 4. The van der Waals surface area contributed by atoms with Crippen LogP contribution in [0.25, 0.3) is 0 Å². The first-order valence-electron chi connectivity index (χ1n) is 7.90. The standard InChI is InChI=1S/C16H30N4O2/c1-11(2)13(5)17-19-15(21)9-7-8-10-16(22)20-18-14(6)12(3)4/h11-12H,7-10H2,1-6H3,(H,19,21)(H,20,22). The fraction of sp³-hybridized carbons (Fsp3) is 0.750. The highest BCUT2D eigenvalue weighted by Gasteiger charge is 2.05. The average Bonchev–Trinajstić information content (AvgIpc) is 2.46. The van der Waals surface area contributed by atoms with Crippen molar-refractivity contribution >= 4 is 23.2 Å². The van der Waals surface area contributed by atoms with E-state index in [0.717, 1.165) is 11.4 Å². The molecule has 0 unspecified atom stereocenters. The van der Waals surface area contributed by atoms with E-state index in [4.69, 9.17) is 0 Å². The Kier molecular flexibility index (Phi) is 10.1. The van der Waals surface area contributed by atoms with Gasteiger partial charge in [-0.2, -0.15) is 10.2 Å². The SMILES string of the molecule is CC(=NNC(=O)CCCCC(=O)NN=C(C)C(C)C)C(C)C. The van der Waals surface area contributed by atoms with Crippen LogP contribution in [-0.4, -0.2) is 23.2 Å². The number of amides is 2. The number of nitrogens with zero attached hydrogens (tertiary/aromatic N) is 2. The summed E-state index contributed by atoms with van der Waals surface area (Å²) in [5.41, 5.74) is 6.85. The van der Waals surface area contributed by atoms with Gasteiger partial charge in [0.1, 0.15) is 0 Å². The Balaban J connectivity index is 3.85. The van der Waals surface area contributed by atoms with E-state index in [-0.39, 0.29) is 11.8 Å². The Morgan fingerprint density at radius 2 is 1.09 bits per heavy atom. The van der Waals surface area contributed by atoms with E-state index < -0.39 is 0 Å². The van der Waals surface area contributed by atoms with Gasteiger partial charge < -0.3 is 0 Å². The van der Waals surface area contributed by atoms with E-state index in [1.54, 1.807) is 0 Å². The molecule has 0 aliphatic heterocycles. The third-order valence-electron chi connectivity index (χ3n) is 3.44. The molecule has 0 fully saturated rings. The first-order valence-corrected chi connectivity index (χ1v) is 7.90. The van der Waals surface area contributed by atoms with Crippen LogP contribution in [-0.2, 0) is 9.59 Å². The Hall–Kier alpha value is -1.72. The summed E-state index contributed by atoms with van der Waals surface area (Å²) in [5, 5.41) is 8.05. The molecule has 0 aromatic carbocycles. The molecular formula is C16H30N4O2. The van der Waals surface area contributed by atoms with Crippen molar-refractivity contribution in [2.45, 2.75) is 67.2 Å². The lowest BCUT2D eigenvalue weighted by atomic mass is 10.1. The molecule has 6 nitrogen and oxygen atoms in total. The molecule has 0 aliphatic rings. The first kappa shape index (κ1) is 20.3. The molecule has 0 heterocycles. The topological polar surface area (TPSA) is 82.9 Å². The average molecular weight is 310 g/mol. The van der Waals surface area contributed by atoms with Crippen molar-refractivity contribution < 1.29 is 9.59 Å². The van der Waals surface area contributed by atoms with Crippen LogP contribution < -0.4 is 10.9 Å². The van der Waals surface area contributed by atoms with E-state index in [2.05, 4.69) is 21.1 Å². The van der Waals surface area contributed by atoms with Crippen LogP contribution in [0.4, 0.5) is 0 Å². The molecule has 0 aliphatic carbocycles. The van der Waals surface area contributed by atoms with Crippen LogP contribution in [0.1, 0.15) is 67.2 Å². The third-order valence-corrected chi connectivity index (χ3v) is 3.44. The number of hydrogen-bond donors (Lipinski definition) is 2. The molecule has 0 aromatic heterocycles. The van der Waals surface area contributed by atoms with Gasteiger partial charge in [0.25, 0.3) is 0 Å². The second kappa shape index (κ2) is 10.9. The zero-order valence-electron chi connectivity index (χ0n) is 14.7. The van der Waals surface area contributed by atoms with Crippen molar-refractivity contribution in [3.63, 3.8) is 0 Å². The van der Waals surface area contributed by atoms with Crippen LogP contribution in [0.15, 0.2) is 10.2 Å². The fourth-order valence-electron chi connectivity index (χ4n) is 1.24. The summed E-state index contributed by atoms with van der Waals surface area (Å²) in [6.45, 7) is 11.9. The van der Waals surface area contributed by atoms with Crippen LogP contribution >= 0.6 is 0 Å². The number of rotatable bonds is 9. The second-order valence-corrected chi connectivity index (χ2v) is 6.09. The number of carbonyl (C=O) groups excluding carboxylic acids is 2. The molecular weight excluding hydrogens is 280 g/mol. The maximum Gasteiger partial charge on any atom is 0.240 e. The zero-order chi connectivity index (χ0) is 17.1. The Morgan fingerprint density at radius 1 is 0.773 bits per heavy atom. The summed E-state index contributed by atoms with van der Waals surface area (Å²) in [7, 11) is 0. The number of unbranched alkanes of at least 4 members (excludes halogenated alkanes) is 1. The quantitative estimate of drug-likeness (QED) is 0.390. The molecule has 0 bridgehead atoms. The first-order chi connectivity index (χ1) is 10.2. The van der Waals surface area contributed by atoms with Crippen molar-refractivity contribution in [1.82, 2.24) is 10.9 Å². The predicted molar refractivity (Wildman–Crippen MR) is 90.6 cm³/mol. The normalized spacial score (nSPS) is 12.7. The highest BCUT2D eigenvalue weighted by Crippen LogP contribution is 2.01. The molecule has 0 rings (SSSR count). The lowest BCUT2D eigenvalue weighted by Crippen LogP contribution is -2.21. The number of hydrazone groups is 2. The maximum atomic E-state index is 11.6. The minimum atomic E-state index is -0.117. The molecule has 22 heavy (non-hydrogen) atoms. The maximum absolute atomic E-state index is 11.6. The summed E-state index contributed by atoms with van der Waals surface area (Å²) in [5.74, 6) is 0.404. The predicted octanol–water partition coefficient (Wildman–Crippen LogP) is 2.84. The van der Waals surface area contributed by atoms with E-state index in [9.17, 15) is 9.59 Å². The zero-order valence-corrected chi connectivity index (χ0v) is 14.7. The minimum absolute atomic E-state index is 0.117. The van der Waals surface area contributed by atoms with Gasteiger partial charge in [-0.1, -0.05) is 27.7 Å². The van der Waals surface area contributed by atoms with Crippen molar-refractivity contribution in [3.8, 4) is 0 Å². The molecule has 0 saturated carbocycles. The van der Waals surface area contributed by atoms with E-state index in [1.165, 1.54) is 0 Å². The Morgan fingerprint density at radius 3 is 1.36 bits per heavy atom. The van der Waals surface area contributed by atoms with Gasteiger partial charge >= 0.3 is 0 Å². The van der Waals surface area contributed by atoms with Crippen LogP contribution in [0.3, 0.4) is 0 Å². The van der Waals surface area contributed by atoms with Gasteiger partial charge in [-0.3, -0.25) is 9.59 Å². The van der Waals surface area contributed by atoms with Crippen LogP contribution in [0.2, 0.25) is 0 Å². The Labute approximate surface area is 133 Å². The van der Waals surface area contributed by atoms with Crippen molar-refractivity contribution in [3.05, 3.63) is 0 Å². The lowest BCUT2D eigenvalue weighted by molar-refractivity contribution is -0.123. The minimum Gasteiger partial charge on any atom is -0.273 e. The summed E-state index contributed by atoms with van der Waals surface area (Å²) in [6.07, 6.45) is 2.05. The van der Waals surface area contributed by atoms with Crippen molar-refractivity contribution in [2.24, 2.45) is 22.0 Å². The molecule has 0 spiro atoms. The summed E-state index contributed by atoms with van der Waals surface area (Å²) >= 11 is 0. The van der Waals surface area contributed by atoms with Gasteiger partial charge in [0, 0.05) is 24.3 Å². The van der Waals surface area contributed by atoms with Gasteiger partial charge in [-0.15, -0.1) is 0 Å². The molecule has 2 amide bonds. The largest absolute Gasteiger partial charge is 0.273 e. The van der Waals surface area contributed by atoms with Gasteiger partial charge in [0.2, 0.25) is 11.8 Å². The smallest absolute Gasteiger partial charge is 0.240 e. The number of carbonyl (C=O) groups is 2. The summed E-state index contributed by atoms with van der Waals surface area (Å²) < 4.78 is 0. The molecule has 0 aromatic rings. The lowest BCUT2D eigenvalue weighted by Gasteiger charge is -2.06. The molecule has 0 saturated heterocycles. The van der Waals surface area contributed by atoms with E-state index in [1.807, 2.05) is 41.5 Å². The Bertz CT molecular complexity index is 386. The summed E-state index contributed by atoms with van der Waals surface area (Å²) in [4.78, 5) is 23.1. The molecule has 0 radical (unpaired) electrons. The van der Waals surface area contributed by atoms with Gasteiger partial charge in [-0.05, 0) is 38.5 Å². The van der Waals surface area contributed by atoms with E-state index in [0.29, 0.717) is 37.5 Å². The van der Waals surface area contributed by atoms with E-state index >= 15 is 0 Å². The highest BCUT2D eigenvalue weighted by molar-refractivity contribution is 5.86. The number of nitrogens with one attached hydrogen (secondary N) is 2. The highest BCUT2D eigenvalue weighted by atomic mass is 16.2. The summed E-state index contributed by atoms with van der Waals surface area (Å²) in [6, 6.07) is 0. The van der Waals surface area contributed by atoms with Crippen LogP contribution in [0, 0.1) is 11.8 Å². The molecule has 2 N–H and O–H groups in total. The van der Waals surface area contributed by atoms with Gasteiger partial charge in [0.05, 0.1) is 0 Å². The van der Waals surface area contributed by atoms with Gasteiger partial charge in [0.15, 0.2) is 0 Å². The molecule has 0 atom stereocenters.